The highest BCUT2D eigenvalue weighted by Crippen LogP contribution is 2.33. The number of hydrogen-bond acceptors (Lipinski definition) is 3. The van der Waals surface area contributed by atoms with E-state index >= 15 is 0 Å². The van der Waals surface area contributed by atoms with Crippen LogP contribution < -0.4 is 10.6 Å². The van der Waals surface area contributed by atoms with Crippen molar-refractivity contribution < 1.29 is 22.7 Å². The third-order valence-corrected chi connectivity index (χ3v) is 3.05. The van der Waals surface area contributed by atoms with Gasteiger partial charge in [-0.05, 0) is 25.9 Å². The topological polar surface area (TPSA) is 50.4 Å². The lowest BCUT2D eigenvalue weighted by Gasteiger charge is -2.27. The second-order valence-corrected chi connectivity index (χ2v) is 4.39. The normalized spacial score (nSPS) is 25.6. The van der Waals surface area contributed by atoms with E-state index in [-0.39, 0.29) is 19.4 Å². The number of methoxy groups -OCH3 is 1. The van der Waals surface area contributed by atoms with Gasteiger partial charge in [0.25, 0.3) is 0 Å². The van der Waals surface area contributed by atoms with E-state index < -0.39 is 24.0 Å². The number of hydrogen-bond donors (Lipinski definition) is 2. The van der Waals surface area contributed by atoms with Crippen molar-refractivity contribution in [3.63, 3.8) is 0 Å². The number of carbonyl (C=O) groups is 1. The lowest BCUT2D eigenvalue weighted by atomic mass is 9.94. The SMILES string of the molecule is COCCC(=O)NC1CCNCCC1C(F)(F)F. The molecule has 1 rings (SSSR count). The van der Waals surface area contributed by atoms with Gasteiger partial charge in [0.05, 0.1) is 12.5 Å². The Hall–Kier alpha value is -0.820. The largest absolute Gasteiger partial charge is 0.393 e. The van der Waals surface area contributed by atoms with Gasteiger partial charge in [0.2, 0.25) is 5.91 Å². The predicted octanol–water partition coefficient (Wildman–Crippen LogP) is 1.07. The highest BCUT2D eigenvalue weighted by molar-refractivity contribution is 5.76. The maximum atomic E-state index is 12.9. The molecule has 0 aliphatic carbocycles. The van der Waals surface area contributed by atoms with Crippen molar-refractivity contribution in [2.24, 2.45) is 5.92 Å². The maximum absolute atomic E-state index is 12.9. The molecule has 1 saturated heterocycles. The molecule has 0 aromatic heterocycles. The zero-order valence-corrected chi connectivity index (χ0v) is 10.3. The molecular weight excluding hydrogens is 249 g/mol. The minimum atomic E-state index is -4.27. The summed E-state index contributed by atoms with van der Waals surface area (Å²) in [5.41, 5.74) is 0. The second-order valence-electron chi connectivity index (χ2n) is 4.39. The van der Waals surface area contributed by atoms with Gasteiger partial charge in [0.1, 0.15) is 0 Å². The third-order valence-electron chi connectivity index (χ3n) is 3.05. The number of amides is 1. The molecule has 2 N–H and O–H groups in total. The minimum Gasteiger partial charge on any atom is -0.384 e. The summed E-state index contributed by atoms with van der Waals surface area (Å²) in [5.74, 6) is -1.86. The van der Waals surface area contributed by atoms with E-state index in [4.69, 9.17) is 4.74 Å². The first-order valence-corrected chi connectivity index (χ1v) is 6.01. The molecule has 1 fully saturated rings. The van der Waals surface area contributed by atoms with Crippen LogP contribution in [0.1, 0.15) is 19.3 Å². The summed E-state index contributed by atoms with van der Waals surface area (Å²) in [6.45, 7) is 1.03. The zero-order chi connectivity index (χ0) is 13.6. The summed E-state index contributed by atoms with van der Waals surface area (Å²) < 4.78 is 43.3. The molecule has 1 amide bonds. The minimum absolute atomic E-state index is 0.00127. The van der Waals surface area contributed by atoms with Crippen molar-refractivity contribution in [1.82, 2.24) is 10.6 Å². The van der Waals surface area contributed by atoms with Gasteiger partial charge in [-0.3, -0.25) is 4.79 Å². The van der Waals surface area contributed by atoms with E-state index in [1.165, 1.54) is 7.11 Å². The summed E-state index contributed by atoms with van der Waals surface area (Å²) in [6.07, 6.45) is -3.89. The summed E-state index contributed by atoms with van der Waals surface area (Å²) >= 11 is 0. The molecule has 18 heavy (non-hydrogen) atoms. The van der Waals surface area contributed by atoms with Crippen LogP contribution in [0.2, 0.25) is 0 Å². The quantitative estimate of drug-likeness (QED) is 0.802. The van der Waals surface area contributed by atoms with Crippen LogP contribution in [0.15, 0.2) is 0 Å². The number of halogens is 3. The molecule has 0 bridgehead atoms. The molecule has 106 valence electrons. The number of rotatable bonds is 4. The molecule has 2 atom stereocenters. The molecule has 2 unspecified atom stereocenters. The van der Waals surface area contributed by atoms with E-state index in [0.29, 0.717) is 19.5 Å². The molecule has 4 nitrogen and oxygen atoms in total. The van der Waals surface area contributed by atoms with Gasteiger partial charge >= 0.3 is 6.18 Å². The van der Waals surface area contributed by atoms with Crippen molar-refractivity contribution in [1.29, 1.82) is 0 Å². The fraction of sp³-hybridized carbons (Fsp3) is 0.909. The number of alkyl halides is 3. The first kappa shape index (κ1) is 15.2. The fourth-order valence-electron chi connectivity index (χ4n) is 2.08. The van der Waals surface area contributed by atoms with E-state index in [1.54, 1.807) is 0 Å². The van der Waals surface area contributed by atoms with Gasteiger partial charge < -0.3 is 15.4 Å². The molecular formula is C11H19F3N2O2. The average Bonchev–Trinajstić information content (AvgIpc) is 2.51. The van der Waals surface area contributed by atoms with Crippen LogP contribution in [0.3, 0.4) is 0 Å². The molecule has 1 aliphatic rings. The molecule has 0 aromatic carbocycles. The van der Waals surface area contributed by atoms with Crippen molar-refractivity contribution in [3.8, 4) is 0 Å². The van der Waals surface area contributed by atoms with E-state index in [2.05, 4.69) is 10.6 Å². The average molecular weight is 268 g/mol. The van der Waals surface area contributed by atoms with E-state index in [9.17, 15) is 18.0 Å². The smallest absolute Gasteiger partial charge is 0.384 e. The van der Waals surface area contributed by atoms with Crippen LogP contribution in [-0.2, 0) is 9.53 Å². The Labute approximate surface area is 104 Å². The van der Waals surface area contributed by atoms with Crippen molar-refractivity contribution in [2.45, 2.75) is 31.5 Å². The third kappa shape index (κ3) is 4.81. The Morgan fingerprint density at radius 1 is 1.39 bits per heavy atom. The number of nitrogens with one attached hydrogen (secondary N) is 2. The Bertz CT molecular complexity index is 272. The lowest BCUT2D eigenvalue weighted by molar-refractivity contribution is -0.183. The van der Waals surface area contributed by atoms with Gasteiger partial charge in [-0.15, -0.1) is 0 Å². The van der Waals surface area contributed by atoms with Crippen LogP contribution in [0.25, 0.3) is 0 Å². The van der Waals surface area contributed by atoms with Gasteiger partial charge in [0, 0.05) is 19.6 Å². The van der Waals surface area contributed by atoms with E-state index in [0.717, 1.165) is 0 Å². The van der Waals surface area contributed by atoms with Crippen LogP contribution in [-0.4, -0.2) is 44.9 Å². The van der Waals surface area contributed by atoms with Crippen molar-refractivity contribution in [3.05, 3.63) is 0 Å². The van der Waals surface area contributed by atoms with Crippen LogP contribution in [0.4, 0.5) is 13.2 Å². The Morgan fingerprint density at radius 2 is 2.06 bits per heavy atom. The second kappa shape index (κ2) is 6.94. The summed E-state index contributed by atoms with van der Waals surface area (Å²) in [5, 5.41) is 5.39. The van der Waals surface area contributed by atoms with E-state index in [1.807, 2.05) is 0 Å². The highest BCUT2D eigenvalue weighted by atomic mass is 19.4. The first-order valence-electron chi connectivity index (χ1n) is 6.01. The summed E-state index contributed by atoms with van der Waals surface area (Å²) in [6, 6.07) is -0.843. The monoisotopic (exact) mass is 268 g/mol. The van der Waals surface area contributed by atoms with Crippen LogP contribution in [0.5, 0.6) is 0 Å². The number of carbonyl (C=O) groups excluding carboxylic acids is 1. The fourth-order valence-corrected chi connectivity index (χ4v) is 2.08. The highest BCUT2D eigenvalue weighted by Gasteiger charge is 2.45. The predicted molar refractivity (Wildman–Crippen MR) is 60.1 cm³/mol. The zero-order valence-electron chi connectivity index (χ0n) is 10.3. The van der Waals surface area contributed by atoms with Crippen molar-refractivity contribution in [2.75, 3.05) is 26.8 Å². The molecule has 1 heterocycles. The molecule has 7 heteroatoms. The molecule has 1 aliphatic heterocycles. The standard InChI is InChI=1S/C11H19F3N2O2/c1-18-7-4-10(17)16-9-3-6-15-5-2-8(9)11(12,13)14/h8-9,15H,2-7H2,1H3,(H,16,17). The maximum Gasteiger partial charge on any atom is 0.393 e. The van der Waals surface area contributed by atoms with Crippen LogP contribution in [0, 0.1) is 5.92 Å². The molecule has 0 radical (unpaired) electrons. The van der Waals surface area contributed by atoms with Gasteiger partial charge in [-0.25, -0.2) is 0 Å². The molecule has 0 aromatic rings. The Morgan fingerprint density at radius 3 is 2.67 bits per heavy atom. The lowest BCUT2D eigenvalue weighted by Crippen LogP contribution is -2.46. The summed E-state index contributed by atoms with van der Waals surface area (Å²) in [4.78, 5) is 11.5. The number of ether oxygens (including phenoxy) is 1. The van der Waals surface area contributed by atoms with Crippen LogP contribution >= 0.6 is 0 Å². The van der Waals surface area contributed by atoms with Gasteiger partial charge in [-0.2, -0.15) is 13.2 Å². The van der Waals surface area contributed by atoms with Crippen molar-refractivity contribution >= 4 is 5.91 Å². The Balaban J connectivity index is 2.59. The molecule has 0 saturated carbocycles. The molecule has 0 spiro atoms. The summed E-state index contributed by atoms with van der Waals surface area (Å²) in [7, 11) is 1.45. The first-order chi connectivity index (χ1) is 8.45. The Kier molecular flexibility index (Phi) is 5.87. The van der Waals surface area contributed by atoms with Gasteiger partial charge in [0.15, 0.2) is 0 Å². The van der Waals surface area contributed by atoms with Gasteiger partial charge in [-0.1, -0.05) is 0 Å².